The molecule has 8 heteroatoms. The van der Waals surface area contributed by atoms with Crippen LogP contribution in [0.15, 0.2) is 24.0 Å². The molecule has 0 saturated carbocycles. The number of nitrogens with zero attached hydrogens (tertiary/aromatic N) is 6. The smallest absolute Gasteiger partial charge is 0.228 e. The second-order valence-corrected chi connectivity index (χ2v) is 7.43. The van der Waals surface area contributed by atoms with E-state index in [2.05, 4.69) is 42.0 Å². The first-order valence-corrected chi connectivity index (χ1v) is 9.59. The summed E-state index contributed by atoms with van der Waals surface area (Å²) in [6.45, 7) is 4.00. The largest absolute Gasteiger partial charge is 0.481 e. The second-order valence-electron chi connectivity index (χ2n) is 6.55. The van der Waals surface area contributed by atoms with Gasteiger partial charge in [-0.3, -0.25) is 0 Å². The first-order valence-electron chi connectivity index (χ1n) is 8.71. The van der Waals surface area contributed by atoms with E-state index in [9.17, 15) is 0 Å². The lowest BCUT2D eigenvalue weighted by molar-refractivity contribution is 0.395. The molecule has 4 rings (SSSR count). The minimum absolute atomic E-state index is 0.321. The molecule has 26 heavy (non-hydrogen) atoms. The summed E-state index contributed by atoms with van der Waals surface area (Å²) in [5.74, 6) is 2.31. The van der Waals surface area contributed by atoms with E-state index in [0.717, 1.165) is 37.3 Å². The lowest BCUT2D eigenvalue weighted by Crippen LogP contribution is -2.47. The van der Waals surface area contributed by atoms with Gasteiger partial charge in [-0.2, -0.15) is 4.98 Å². The Morgan fingerprint density at radius 2 is 2.19 bits per heavy atom. The summed E-state index contributed by atoms with van der Waals surface area (Å²) in [4.78, 5) is 22.4. The molecule has 0 N–H and O–H groups in total. The number of aryl methyl sites for hydroxylation is 1. The van der Waals surface area contributed by atoms with Crippen LogP contribution in [-0.4, -0.2) is 53.2 Å². The van der Waals surface area contributed by atoms with Crippen LogP contribution < -0.4 is 14.5 Å². The van der Waals surface area contributed by atoms with Crippen LogP contribution in [0.5, 0.6) is 5.88 Å². The fourth-order valence-electron chi connectivity index (χ4n) is 3.42. The van der Waals surface area contributed by atoms with Crippen LogP contribution in [0.4, 0.5) is 11.8 Å². The summed E-state index contributed by atoms with van der Waals surface area (Å²) in [5, 5.41) is 2.15. The summed E-state index contributed by atoms with van der Waals surface area (Å²) in [7, 11) is 3.67. The molecule has 1 unspecified atom stereocenters. The molecule has 0 amide bonds. The van der Waals surface area contributed by atoms with Gasteiger partial charge in [-0.15, -0.1) is 11.3 Å². The van der Waals surface area contributed by atoms with Gasteiger partial charge in [-0.1, -0.05) is 0 Å². The third-order valence-electron chi connectivity index (χ3n) is 4.90. The second kappa shape index (κ2) is 7.03. The zero-order chi connectivity index (χ0) is 18.1. The number of rotatable bonds is 4. The van der Waals surface area contributed by atoms with E-state index in [1.807, 2.05) is 7.05 Å². The highest BCUT2D eigenvalue weighted by molar-refractivity contribution is 7.18. The Hall–Kier alpha value is -2.48. The molecule has 0 aromatic carbocycles. The number of hydrogen-bond donors (Lipinski definition) is 0. The molecular formula is C18H22N6OS. The van der Waals surface area contributed by atoms with Crippen LogP contribution >= 0.6 is 11.3 Å². The predicted octanol–water partition coefficient (Wildman–Crippen LogP) is 2.90. The Morgan fingerprint density at radius 3 is 3.04 bits per heavy atom. The monoisotopic (exact) mass is 370 g/mol. The highest BCUT2D eigenvalue weighted by atomic mass is 32.1. The van der Waals surface area contributed by atoms with E-state index in [4.69, 9.17) is 4.74 Å². The Balaban J connectivity index is 1.59. The van der Waals surface area contributed by atoms with Crippen LogP contribution in [0.1, 0.15) is 18.4 Å². The van der Waals surface area contributed by atoms with Crippen molar-refractivity contribution in [1.82, 2.24) is 19.9 Å². The molecule has 0 bridgehead atoms. The van der Waals surface area contributed by atoms with Crippen molar-refractivity contribution in [1.29, 1.82) is 0 Å². The van der Waals surface area contributed by atoms with Gasteiger partial charge in [0, 0.05) is 38.4 Å². The maximum atomic E-state index is 5.23. The van der Waals surface area contributed by atoms with E-state index < -0.39 is 0 Å². The van der Waals surface area contributed by atoms with Gasteiger partial charge in [-0.05, 0) is 30.7 Å². The van der Waals surface area contributed by atoms with E-state index in [0.29, 0.717) is 17.9 Å². The Labute approximate surface area is 156 Å². The van der Waals surface area contributed by atoms with Crippen LogP contribution in [0.25, 0.3) is 10.2 Å². The van der Waals surface area contributed by atoms with E-state index >= 15 is 0 Å². The third kappa shape index (κ3) is 3.05. The highest BCUT2D eigenvalue weighted by Gasteiger charge is 2.27. The summed E-state index contributed by atoms with van der Waals surface area (Å²) in [5.41, 5.74) is 2.27. The van der Waals surface area contributed by atoms with Crippen molar-refractivity contribution in [2.75, 3.05) is 37.0 Å². The topological polar surface area (TPSA) is 67.3 Å². The van der Waals surface area contributed by atoms with Crippen molar-refractivity contribution in [2.24, 2.45) is 0 Å². The highest BCUT2D eigenvalue weighted by Crippen LogP contribution is 2.32. The average Bonchev–Trinajstić information content (AvgIpc) is 3.08. The average molecular weight is 370 g/mol. The Morgan fingerprint density at radius 1 is 1.31 bits per heavy atom. The first-order chi connectivity index (χ1) is 12.7. The van der Waals surface area contributed by atoms with E-state index in [-0.39, 0.29) is 0 Å². The molecule has 0 radical (unpaired) electrons. The third-order valence-corrected chi connectivity index (χ3v) is 5.98. The van der Waals surface area contributed by atoms with Crippen LogP contribution in [0, 0.1) is 6.92 Å². The normalized spacial score (nSPS) is 17.5. The minimum atomic E-state index is 0.321. The van der Waals surface area contributed by atoms with E-state index in [1.165, 1.54) is 10.3 Å². The fourth-order valence-corrected chi connectivity index (χ4v) is 4.44. The number of methoxy groups -OCH3 is 1. The maximum absolute atomic E-state index is 5.23. The number of ether oxygens (including phenoxy) is 1. The van der Waals surface area contributed by atoms with Crippen LogP contribution in [0.3, 0.4) is 0 Å². The van der Waals surface area contributed by atoms with Gasteiger partial charge in [0.15, 0.2) is 0 Å². The first kappa shape index (κ1) is 17.0. The van der Waals surface area contributed by atoms with Crippen molar-refractivity contribution in [3.8, 4) is 5.88 Å². The summed E-state index contributed by atoms with van der Waals surface area (Å²) < 4.78 is 6.40. The van der Waals surface area contributed by atoms with Gasteiger partial charge in [0.2, 0.25) is 11.8 Å². The minimum Gasteiger partial charge on any atom is -0.481 e. The zero-order valence-electron chi connectivity index (χ0n) is 15.2. The molecule has 0 spiro atoms. The van der Waals surface area contributed by atoms with Gasteiger partial charge in [0.1, 0.15) is 12.1 Å². The summed E-state index contributed by atoms with van der Waals surface area (Å²) >= 11 is 1.72. The molecule has 4 heterocycles. The quantitative estimate of drug-likeness (QED) is 0.699. The number of likely N-dealkylation sites (N-methyl/N-ethyl adjacent to an activating group) is 1. The zero-order valence-corrected chi connectivity index (χ0v) is 16.0. The maximum Gasteiger partial charge on any atom is 0.228 e. The van der Waals surface area contributed by atoms with Gasteiger partial charge in [0.05, 0.1) is 17.3 Å². The number of thiophene rings is 1. The van der Waals surface area contributed by atoms with Gasteiger partial charge in [-0.25, -0.2) is 15.0 Å². The van der Waals surface area contributed by atoms with Gasteiger partial charge >= 0.3 is 0 Å². The molecule has 1 aliphatic heterocycles. The molecule has 1 atom stereocenters. The van der Waals surface area contributed by atoms with E-state index in [1.54, 1.807) is 37.0 Å². The molecular weight excluding hydrogens is 348 g/mol. The molecule has 1 aliphatic rings. The van der Waals surface area contributed by atoms with Crippen molar-refractivity contribution in [3.05, 3.63) is 29.5 Å². The van der Waals surface area contributed by atoms with Crippen molar-refractivity contribution < 1.29 is 4.74 Å². The number of aromatic nitrogens is 4. The van der Waals surface area contributed by atoms with Gasteiger partial charge < -0.3 is 14.5 Å². The molecule has 1 fully saturated rings. The van der Waals surface area contributed by atoms with Crippen LogP contribution in [0.2, 0.25) is 0 Å². The molecule has 136 valence electrons. The lowest BCUT2D eigenvalue weighted by Gasteiger charge is -2.38. The molecule has 0 aliphatic carbocycles. The Bertz CT molecular complexity index is 914. The number of piperidine rings is 1. The predicted molar refractivity (Wildman–Crippen MR) is 104 cm³/mol. The fraction of sp³-hybridized carbons (Fsp3) is 0.444. The molecule has 1 saturated heterocycles. The number of hydrogen-bond acceptors (Lipinski definition) is 8. The number of fused-ring (bicyclic) bond motifs is 1. The standard InChI is InChI=1S/C18H22N6OS/c1-12-10-26-16-15(12)20-11-21-17(16)24-8-4-5-13(9-24)23(2)18-19-7-6-14(22-18)25-3/h6-7,10-11,13H,4-5,8-9H2,1-3H3. The van der Waals surface area contributed by atoms with Gasteiger partial charge in [0.25, 0.3) is 0 Å². The molecule has 3 aromatic heterocycles. The molecule has 7 nitrogen and oxygen atoms in total. The molecule has 3 aromatic rings. The van der Waals surface area contributed by atoms with Crippen LogP contribution in [-0.2, 0) is 0 Å². The number of anilines is 2. The SMILES string of the molecule is COc1ccnc(N(C)C2CCCN(c3ncnc4c(C)csc34)C2)n1. The van der Waals surface area contributed by atoms with Crippen molar-refractivity contribution >= 4 is 33.3 Å². The Kier molecular flexibility index (Phi) is 4.58. The summed E-state index contributed by atoms with van der Waals surface area (Å²) in [6.07, 6.45) is 5.62. The summed E-state index contributed by atoms with van der Waals surface area (Å²) in [6, 6.07) is 2.09. The van der Waals surface area contributed by atoms with Crippen molar-refractivity contribution in [3.63, 3.8) is 0 Å². The van der Waals surface area contributed by atoms with Crippen molar-refractivity contribution in [2.45, 2.75) is 25.8 Å². The lowest BCUT2D eigenvalue weighted by atomic mass is 10.0.